The van der Waals surface area contributed by atoms with Gasteiger partial charge in [0, 0.05) is 12.5 Å². The molecule has 4 heteroatoms. The standard InChI is InChI=1S/C12H22N2O2/c13-9-10-3-5-11(6-4-10)12(15)14-7-1-2-8-16-14/h10-11H,1-9,13H2. The van der Waals surface area contributed by atoms with Gasteiger partial charge in [-0.1, -0.05) is 0 Å². The van der Waals surface area contributed by atoms with Crippen molar-refractivity contribution in [2.24, 2.45) is 17.6 Å². The highest BCUT2D eigenvalue weighted by molar-refractivity contribution is 5.77. The molecule has 0 atom stereocenters. The number of hydroxylamine groups is 2. The molecule has 2 rings (SSSR count). The van der Waals surface area contributed by atoms with Gasteiger partial charge in [-0.05, 0) is 51.0 Å². The average Bonchev–Trinajstić information content (AvgIpc) is 2.39. The summed E-state index contributed by atoms with van der Waals surface area (Å²) in [6.45, 7) is 2.24. The molecule has 0 bridgehead atoms. The van der Waals surface area contributed by atoms with Gasteiger partial charge in [0.1, 0.15) is 0 Å². The van der Waals surface area contributed by atoms with Gasteiger partial charge in [0.05, 0.1) is 6.61 Å². The number of carbonyl (C=O) groups is 1. The zero-order valence-electron chi connectivity index (χ0n) is 9.86. The van der Waals surface area contributed by atoms with Crippen LogP contribution in [0.1, 0.15) is 38.5 Å². The van der Waals surface area contributed by atoms with Crippen LogP contribution in [0, 0.1) is 11.8 Å². The quantitative estimate of drug-likeness (QED) is 0.772. The van der Waals surface area contributed by atoms with E-state index >= 15 is 0 Å². The molecule has 0 aromatic rings. The molecule has 92 valence electrons. The van der Waals surface area contributed by atoms with E-state index in [0.717, 1.165) is 51.6 Å². The summed E-state index contributed by atoms with van der Waals surface area (Å²) in [5.74, 6) is 1.02. The van der Waals surface area contributed by atoms with Crippen molar-refractivity contribution < 1.29 is 9.63 Å². The first-order valence-corrected chi connectivity index (χ1v) is 6.45. The average molecular weight is 226 g/mol. The molecule has 1 amide bonds. The molecule has 0 aromatic heterocycles. The van der Waals surface area contributed by atoms with Crippen molar-refractivity contribution in [2.75, 3.05) is 19.7 Å². The Balaban J connectivity index is 1.81. The Morgan fingerprint density at radius 3 is 2.56 bits per heavy atom. The van der Waals surface area contributed by atoms with Crippen LogP contribution in [0.4, 0.5) is 0 Å². The van der Waals surface area contributed by atoms with E-state index in [1.807, 2.05) is 0 Å². The van der Waals surface area contributed by atoms with Crippen LogP contribution < -0.4 is 5.73 Å². The molecule has 0 spiro atoms. The second kappa shape index (κ2) is 5.64. The number of hydrogen-bond donors (Lipinski definition) is 1. The number of hydrogen-bond acceptors (Lipinski definition) is 3. The Hall–Kier alpha value is -0.610. The highest BCUT2D eigenvalue weighted by Gasteiger charge is 2.30. The number of amides is 1. The molecule has 2 aliphatic rings. The lowest BCUT2D eigenvalue weighted by Gasteiger charge is -2.32. The molecule has 2 N–H and O–H groups in total. The molecule has 0 unspecified atom stereocenters. The Bertz CT molecular complexity index is 231. The lowest BCUT2D eigenvalue weighted by molar-refractivity contribution is -0.202. The topological polar surface area (TPSA) is 55.6 Å². The fourth-order valence-corrected chi connectivity index (χ4v) is 2.62. The van der Waals surface area contributed by atoms with E-state index in [1.165, 1.54) is 0 Å². The largest absolute Gasteiger partial charge is 0.330 e. The van der Waals surface area contributed by atoms with Crippen LogP contribution in [0.5, 0.6) is 0 Å². The molecule has 1 saturated heterocycles. The SMILES string of the molecule is NCC1CCC(C(=O)N2CCCCO2)CC1. The van der Waals surface area contributed by atoms with Crippen LogP contribution in [0.25, 0.3) is 0 Å². The number of nitrogens with zero attached hydrogens (tertiary/aromatic N) is 1. The zero-order valence-corrected chi connectivity index (χ0v) is 9.86. The minimum absolute atomic E-state index is 0.181. The van der Waals surface area contributed by atoms with Gasteiger partial charge < -0.3 is 5.73 Å². The van der Waals surface area contributed by atoms with Gasteiger partial charge in [0.2, 0.25) is 5.91 Å². The monoisotopic (exact) mass is 226 g/mol. The predicted octanol–water partition coefficient (Wildman–Crippen LogP) is 1.31. The molecule has 1 heterocycles. The maximum atomic E-state index is 12.1. The van der Waals surface area contributed by atoms with Crippen molar-refractivity contribution in [2.45, 2.75) is 38.5 Å². The molecular weight excluding hydrogens is 204 g/mol. The van der Waals surface area contributed by atoms with Crippen LogP contribution in [0.3, 0.4) is 0 Å². The highest BCUT2D eigenvalue weighted by Crippen LogP contribution is 2.29. The molecular formula is C12H22N2O2. The summed E-state index contributed by atoms with van der Waals surface area (Å²) >= 11 is 0. The van der Waals surface area contributed by atoms with Crippen LogP contribution in [-0.2, 0) is 9.63 Å². The maximum Gasteiger partial charge on any atom is 0.249 e. The van der Waals surface area contributed by atoms with Gasteiger partial charge in [-0.25, -0.2) is 5.06 Å². The van der Waals surface area contributed by atoms with Gasteiger partial charge in [-0.3, -0.25) is 9.63 Å². The van der Waals surface area contributed by atoms with E-state index in [1.54, 1.807) is 5.06 Å². The lowest BCUT2D eigenvalue weighted by atomic mass is 9.81. The van der Waals surface area contributed by atoms with Gasteiger partial charge >= 0.3 is 0 Å². The number of carbonyl (C=O) groups excluding carboxylic acids is 1. The van der Waals surface area contributed by atoms with Crippen molar-refractivity contribution in [3.05, 3.63) is 0 Å². The van der Waals surface area contributed by atoms with E-state index in [2.05, 4.69) is 0 Å². The molecule has 2 fully saturated rings. The van der Waals surface area contributed by atoms with Crippen molar-refractivity contribution in [3.63, 3.8) is 0 Å². The lowest BCUT2D eigenvalue weighted by Crippen LogP contribution is -2.41. The first kappa shape index (κ1) is 11.9. The Kier molecular flexibility index (Phi) is 4.18. The second-order valence-electron chi connectivity index (χ2n) is 4.93. The first-order valence-electron chi connectivity index (χ1n) is 6.45. The fourth-order valence-electron chi connectivity index (χ4n) is 2.62. The predicted molar refractivity (Wildman–Crippen MR) is 61.4 cm³/mol. The maximum absolute atomic E-state index is 12.1. The third-order valence-corrected chi connectivity index (χ3v) is 3.78. The Morgan fingerprint density at radius 2 is 2.00 bits per heavy atom. The number of nitrogens with two attached hydrogens (primary N) is 1. The van der Waals surface area contributed by atoms with Crippen molar-refractivity contribution in [3.8, 4) is 0 Å². The first-order chi connectivity index (χ1) is 7.81. The fraction of sp³-hybridized carbons (Fsp3) is 0.917. The molecule has 1 aliphatic carbocycles. The van der Waals surface area contributed by atoms with Gasteiger partial charge in [0.25, 0.3) is 0 Å². The summed E-state index contributed by atoms with van der Waals surface area (Å²) in [6.07, 6.45) is 6.32. The highest BCUT2D eigenvalue weighted by atomic mass is 16.7. The molecule has 0 radical (unpaired) electrons. The summed E-state index contributed by atoms with van der Waals surface area (Å²) in [4.78, 5) is 17.5. The Labute approximate surface area is 97.1 Å². The smallest absolute Gasteiger partial charge is 0.249 e. The molecule has 1 saturated carbocycles. The van der Waals surface area contributed by atoms with Crippen LogP contribution in [-0.4, -0.2) is 30.7 Å². The van der Waals surface area contributed by atoms with E-state index in [0.29, 0.717) is 12.5 Å². The van der Waals surface area contributed by atoms with E-state index in [4.69, 9.17) is 10.6 Å². The Morgan fingerprint density at radius 1 is 1.25 bits per heavy atom. The summed E-state index contributed by atoms with van der Waals surface area (Å²) in [5.41, 5.74) is 5.65. The van der Waals surface area contributed by atoms with Gasteiger partial charge in [-0.15, -0.1) is 0 Å². The second-order valence-corrected chi connectivity index (χ2v) is 4.93. The van der Waals surface area contributed by atoms with Gasteiger partial charge in [0.15, 0.2) is 0 Å². The minimum Gasteiger partial charge on any atom is -0.330 e. The van der Waals surface area contributed by atoms with Gasteiger partial charge in [-0.2, -0.15) is 0 Å². The minimum atomic E-state index is 0.181. The summed E-state index contributed by atoms with van der Waals surface area (Å²) in [6, 6.07) is 0. The molecule has 16 heavy (non-hydrogen) atoms. The normalized spacial score (nSPS) is 31.4. The van der Waals surface area contributed by atoms with Crippen molar-refractivity contribution >= 4 is 5.91 Å². The van der Waals surface area contributed by atoms with E-state index in [9.17, 15) is 4.79 Å². The summed E-state index contributed by atoms with van der Waals surface area (Å²) in [7, 11) is 0. The summed E-state index contributed by atoms with van der Waals surface area (Å²) in [5, 5.41) is 1.59. The van der Waals surface area contributed by atoms with E-state index in [-0.39, 0.29) is 11.8 Å². The van der Waals surface area contributed by atoms with E-state index < -0.39 is 0 Å². The molecule has 1 aliphatic heterocycles. The molecule has 4 nitrogen and oxygen atoms in total. The van der Waals surface area contributed by atoms with Crippen molar-refractivity contribution in [1.82, 2.24) is 5.06 Å². The third kappa shape index (κ3) is 2.74. The van der Waals surface area contributed by atoms with Crippen LogP contribution >= 0.6 is 0 Å². The molecule has 0 aromatic carbocycles. The number of rotatable bonds is 2. The zero-order chi connectivity index (χ0) is 11.4. The van der Waals surface area contributed by atoms with Crippen LogP contribution in [0.2, 0.25) is 0 Å². The third-order valence-electron chi connectivity index (χ3n) is 3.78. The van der Waals surface area contributed by atoms with Crippen molar-refractivity contribution in [1.29, 1.82) is 0 Å². The van der Waals surface area contributed by atoms with Crippen LogP contribution in [0.15, 0.2) is 0 Å². The summed E-state index contributed by atoms with van der Waals surface area (Å²) < 4.78 is 0.